The molecule has 0 unspecified atom stereocenters. The van der Waals surface area contributed by atoms with Crippen LogP contribution in [0.3, 0.4) is 0 Å². The van der Waals surface area contributed by atoms with E-state index in [1.54, 1.807) is 17.9 Å². The number of rotatable bonds is 11. The predicted molar refractivity (Wildman–Crippen MR) is 121 cm³/mol. The smallest absolute Gasteiger partial charge is 0.171 e. The molecule has 0 amide bonds. The first-order chi connectivity index (χ1) is 15.1. The number of aryl methyl sites for hydroxylation is 1. The number of methoxy groups -OCH3 is 1. The van der Waals surface area contributed by atoms with Crippen molar-refractivity contribution < 1.29 is 13.9 Å². The number of hydrogen-bond donors (Lipinski definition) is 2. The molecule has 7 heteroatoms. The maximum Gasteiger partial charge on any atom is 0.171 e. The van der Waals surface area contributed by atoms with Gasteiger partial charge in [0.25, 0.3) is 0 Å². The molecule has 1 heterocycles. The molecule has 0 bridgehead atoms. The molecule has 166 valence electrons. The Morgan fingerprint density at radius 3 is 2.58 bits per heavy atom. The predicted octanol–water partition coefficient (Wildman–Crippen LogP) is 3.74. The lowest BCUT2D eigenvalue weighted by atomic mass is 10.00. The molecule has 6 nitrogen and oxygen atoms in total. The summed E-state index contributed by atoms with van der Waals surface area (Å²) in [4.78, 5) is 0. The van der Waals surface area contributed by atoms with Crippen molar-refractivity contribution in [1.29, 1.82) is 0 Å². The van der Waals surface area contributed by atoms with Crippen LogP contribution in [0, 0.1) is 6.92 Å². The Morgan fingerprint density at radius 1 is 1.16 bits per heavy atom. The Bertz CT molecular complexity index is 972. The molecule has 0 aliphatic heterocycles. The lowest BCUT2D eigenvalue weighted by molar-refractivity contribution is 0.293. The molecule has 1 atom stereocenters. The van der Waals surface area contributed by atoms with Gasteiger partial charge in [0, 0.05) is 11.1 Å². The van der Waals surface area contributed by atoms with Gasteiger partial charge in [-0.2, -0.15) is 5.10 Å². The molecule has 3 aromatic rings. The molecular formula is C24H31FN4O2. The minimum Gasteiger partial charge on any atom is -0.497 e. The molecule has 2 aromatic carbocycles. The van der Waals surface area contributed by atoms with Crippen molar-refractivity contribution in [3.05, 3.63) is 71.0 Å². The minimum atomic E-state index is -1.41. The van der Waals surface area contributed by atoms with E-state index in [1.165, 1.54) is 0 Å². The van der Waals surface area contributed by atoms with Crippen LogP contribution in [0.2, 0.25) is 0 Å². The molecule has 3 rings (SSSR count). The highest BCUT2D eigenvalue weighted by atomic mass is 19.1. The number of ether oxygens (including phenoxy) is 2. The van der Waals surface area contributed by atoms with E-state index < -0.39 is 6.17 Å². The van der Waals surface area contributed by atoms with Gasteiger partial charge < -0.3 is 20.5 Å². The van der Waals surface area contributed by atoms with Gasteiger partial charge in [-0.05, 0) is 70.2 Å². The molecule has 0 aliphatic rings. The SMILES string of the molecule is CNCCCOc1ccccc1[C@@H](F)c1c(CCN)c(C)nn1-c1ccc(OC)cc1. The number of aromatic nitrogens is 2. The van der Waals surface area contributed by atoms with Crippen LogP contribution >= 0.6 is 0 Å². The molecular weight excluding hydrogens is 395 g/mol. The summed E-state index contributed by atoms with van der Waals surface area (Å²) in [6.07, 6.45) is -0.0307. The van der Waals surface area contributed by atoms with E-state index in [-0.39, 0.29) is 0 Å². The van der Waals surface area contributed by atoms with Crippen LogP contribution in [0.1, 0.15) is 35.1 Å². The van der Waals surface area contributed by atoms with Gasteiger partial charge in [0.1, 0.15) is 11.5 Å². The number of halogens is 1. The van der Waals surface area contributed by atoms with Crippen LogP contribution in [0.5, 0.6) is 11.5 Å². The molecule has 0 spiro atoms. The van der Waals surface area contributed by atoms with E-state index in [9.17, 15) is 0 Å². The molecule has 1 aromatic heterocycles. The highest BCUT2D eigenvalue weighted by Crippen LogP contribution is 2.37. The number of nitrogens with one attached hydrogen (secondary N) is 1. The fourth-order valence-electron chi connectivity index (χ4n) is 3.61. The van der Waals surface area contributed by atoms with Crippen LogP contribution < -0.4 is 20.5 Å². The summed E-state index contributed by atoms with van der Waals surface area (Å²) in [5.74, 6) is 1.28. The van der Waals surface area contributed by atoms with Crippen LogP contribution in [0.15, 0.2) is 48.5 Å². The Labute approximate surface area is 183 Å². The number of alkyl halides is 1. The monoisotopic (exact) mass is 426 g/mol. The standard InChI is InChI=1S/C24H31FN4O2/c1-17-20(13-14-26)24(29(28-17)18-9-11-19(30-3)12-10-18)23(25)21-7-4-5-8-22(21)31-16-6-15-27-2/h4-5,7-12,23,27H,6,13-16,26H2,1-3H3/t23-/m1/s1. The third-order valence-corrected chi connectivity index (χ3v) is 5.20. The van der Waals surface area contributed by atoms with Crippen LogP contribution in [-0.2, 0) is 6.42 Å². The molecule has 0 saturated heterocycles. The summed E-state index contributed by atoms with van der Waals surface area (Å²) in [7, 11) is 3.51. The number of hydrogen-bond acceptors (Lipinski definition) is 5. The van der Waals surface area contributed by atoms with E-state index in [4.69, 9.17) is 15.2 Å². The zero-order valence-corrected chi connectivity index (χ0v) is 18.4. The summed E-state index contributed by atoms with van der Waals surface area (Å²) in [5.41, 5.74) is 9.17. The Morgan fingerprint density at radius 2 is 1.90 bits per heavy atom. The van der Waals surface area contributed by atoms with Gasteiger partial charge in [-0.1, -0.05) is 18.2 Å². The molecule has 0 fully saturated rings. The first-order valence-corrected chi connectivity index (χ1v) is 10.5. The first kappa shape index (κ1) is 22.8. The molecule has 0 saturated carbocycles. The maximum absolute atomic E-state index is 16.2. The molecule has 0 radical (unpaired) electrons. The van der Waals surface area contributed by atoms with E-state index >= 15 is 4.39 Å². The average molecular weight is 427 g/mol. The number of nitrogens with zero attached hydrogens (tertiary/aromatic N) is 2. The Balaban J connectivity index is 2.02. The number of benzene rings is 2. The van der Waals surface area contributed by atoms with E-state index in [0.717, 1.165) is 35.7 Å². The van der Waals surface area contributed by atoms with Crippen molar-refractivity contribution in [1.82, 2.24) is 15.1 Å². The third kappa shape index (κ3) is 5.24. The van der Waals surface area contributed by atoms with Crippen molar-refractivity contribution in [3.63, 3.8) is 0 Å². The van der Waals surface area contributed by atoms with Gasteiger partial charge >= 0.3 is 0 Å². The Hall–Kier alpha value is -2.90. The summed E-state index contributed by atoms with van der Waals surface area (Å²) < 4.78 is 29.0. The number of nitrogens with two attached hydrogens (primary N) is 1. The summed E-state index contributed by atoms with van der Waals surface area (Å²) in [6, 6.07) is 14.7. The Kier molecular flexibility index (Phi) is 8.03. The van der Waals surface area contributed by atoms with Crippen LogP contribution in [-0.4, -0.2) is 43.6 Å². The number of para-hydroxylation sites is 1. The average Bonchev–Trinajstić information content (AvgIpc) is 3.13. The quantitative estimate of drug-likeness (QED) is 0.457. The highest BCUT2D eigenvalue weighted by molar-refractivity contribution is 5.46. The van der Waals surface area contributed by atoms with Crippen molar-refractivity contribution in [2.45, 2.75) is 25.9 Å². The van der Waals surface area contributed by atoms with Gasteiger partial charge in [0.15, 0.2) is 6.17 Å². The molecule has 0 aliphatic carbocycles. The zero-order chi connectivity index (χ0) is 22.2. The molecule has 31 heavy (non-hydrogen) atoms. The topological polar surface area (TPSA) is 74.3 Å². The van der Waals surface area contributed by atoms with Gasteiger partial charge in [0.2, 0.25) is 0 Å². The van der Waals surface area contributed by atoms with Gasteiger partial charge in [-0.15, -0.1) is 0 Å². The van der Waals surface area contributed by atoms with Crippen molar-refractivity contribution >= 4 is 0 Å². The van der Waals surface area contributed by atoms with E-state index in [0.29, 0.717) is 36.6 Å². The summed E-state index contributed by atoms with van der Waals surface area (Å²) in [5, 5.41) is 7.74. The molecule has 3 N–H and O–H groups in total. The summed E-state index contributed by atoms with van der Waals surface area (Å²) in [6.45, 7) is 3.65. The second kappa shape index (κ2) is 10.9. The van der Waals surface area contributed by atoms with E-state index in [2.05, 4.69) is 10.4 Å². The fourth-order valence-corrected chi connectivity index (χ4v) is 3.61. The van der Waals surface area contributed by atoms with Crippen molar-refractivity contribution in [2.24, 2.45) is 5.73 Å². The second-order valence-corrected chi connectivity index (χ2v) is 7.30. The highest BCUT2D eigenvalue weighted by Gasteiger charge is 2.27. The largest absolute Gasteiger partial charge is 0.497 e. The fraction of sp³-hybridized carbons (Fsp3) is 0.375. The third-order valence-electron chi connectivity index (χ3n) is 5.20. The lowest BCUT2D eigenvalue weighted by Gasteiger charge is -2.18. The van der Waals surface area contributed by atoms with Crippen molar-refractivity contribution in [2.75, 3.05) is 33.9 Å². The van der Waals surface area contributed by atoms with Gasteiger partial charge in [-0.25, -0.2) is 9.07 Å². The van der Waals surface area contributed by atoms with E-state index in [1.807, 2.05) is 56.4 Å². The lowest BCUT2D eigenvalue weighted by Crippen LogP contribution is -2.13. The zero-order valence-electron chi connectivity index (χ0n) is 18.4. The van der Waals surface area contributed by atoms with Gasteiger partial charge in [0.05, 0.1) is 30.8 Å². The summed E-state index contributed by atoms with van der Waals surface area (Å²) >= 11 is 0. The minimum absolute atomic E-state index is 0.414. The first-order valence-electron chi connectivity index (χ1n) is 10.5. The van der Waals surface area contributed by atoms with Crippen molar-refractivity contribution in [3.8, 4) is 17.2 Å². The van der Waals surface area contributed by atoms with Crippen LogP contribution in [0.4, 0.5) is 4.39 Å². The maximum atomic E-state index is 16.2. The normalized spacial score (nSPS) is 12.0. The second-order valence-electron chi connectivity index (χ2n) is 7.30. The van der Waals surface area contributed by atoms with Gasteiger partial charge in [-0.3, -0.25) is 0 Å². The van der Waals surface area contributed by atoms with Crippen LogP contribution in [0.25, 0.3) is 5.69 Å².